The van der Waals surface area contributed by atoms with E-state index >= 15 is 0 Å². The molecule has 0 bridgehead atoms. The van der Waals surface area contributed by atoms with Crippen LogP contribution in [0.3, 0.4) is 0 Å². The molecular weight excluding hydrogens is 136 g/mol. The molecule has 3 heteroatoms. The van der Waals surface area contributed by atoms with E-state index in [0.29, 0.717) is 6.61 Å². The second-order valence-corrected chi connectivity index (χ2v) is 2.03. The maximum Gasteiger partial charge on any atom is 0.331 e. The first-order valence-electron chi connectivity index (χ1n) is 2.67. The molecule has 2 nitrogen and oxygen atoms in total. The Morgan fingerprint density at radius 3 is 2.89 bits per heavy atom. The molecule has 0 spiro atoms. The number of carbonyl (C=O) groups is 1. The molecule has 0 aromatic carbocycles. The lowest BCUT2D eigenvalue weighted by Gasteiger charge is -1.92. The molecule has 0 amide bonds. The van der Waals surface area contributed by atoms with E-state index in [9.17, 15) is 4.79 Å². The Bertz CT molecular complexity index is 110. The Balaban J connectivity index is 3.37. The highest BCUT2D eigenvalue weighted by Gasteiger charge is 1.89. The Labute approximate surface area is 59.3 Å². The van der Waals surface area contributed by atoms with Crippen LogP contribution in [0.5, 0.6) is 0 Å². The third-order valence-electron chi connectivity index (χ3n) is 0.627. The van der Waals surface area contributed by atoms with E-state index < -0.39 is 0 Å². The molecule has 0 fully saturated rings. The normalized spacial score (nSPS) is 10.0. The van der Waals surface area contributed by atoms with Crippen LogP contribution in [0.2, 0.25) is 0 Å². The highest BCUT2D eigenvalue weighted by molar-refractivity contribution is 8.01. The molecule has 0 aromatic rings. The van der Waals surface area contributed by atoms with Crippen LogP contribution in [-0.4, -0.2) is 18.8 Å². The van der Waals surface area contributed by atoms with Crippen LogP contribution in [0.25, 0.3) is 0 Å². The summed E-state index contributed by atoms with van der Waals surface area (Å²) in [7, 11) is 0. The van der Waals surface area contributed by atoms with Gasteiger partial charge in [0.05, 0.1) is 6.61 Å². The van der Waals surface area contributed by atoms with Crippen LogP contribution in [0, 0.1) is 0 Å². The van der Waals surface area contributed by atoms with Gasteiger partial charge in [-0.05, 0) is 18.6 Å². The third kappa shape index (κ3) is 5.43. The average molecular weight is 146 g/mol. The number of hydrogen-bond acceptors (Lipinski definition) is 3. The van der Waals surface area contributed by atoms with Gasteiger partial charge in [0.25, 0.3) is 0 Å². The maximum absolute atomic E-state index is 10.5. The molecule has 0 radical (unpaired) electrons. The van der Waals surface area contributed by atoms with Crippen molar-refractivity contribution in [2.24, 2.45) is 0 Å². The van der Waals surface area contributed by atoms with Crippen LogP contribution < -0.4 is 0 Å². The molecule has 0 saturated heterocycles. The molecule has 0 atom stereocenters. The van der Waals surface area contributed by atoms with E-state index in [-0.39, 0.29) is 5.97 Å². The van der Waals surface area contributed by atoms with Gasteiger partial charge in [0.2, 0.25) is 0 Å². The monoisotopic (exact) mass is 146 g/mol. The van der Waals surface area contributed by atoms with Crippen molar-refractivity contribution in [2.45, 2.75) is 6.92 Å². The summed E-state index contributed by atoms with van der Waals surface area (Å²) in [4.78, 5) is 10.5. The molecule has 0 aliphatic rings. The fraction of sp³-hybridized carbons (Fsp3) is 0.500. The van der Waals surface area contributed by atoms with E-state index in [1.165, 1.54) is 17.8 Å². The third-order valence-corrected chi connectivity index (χ3v) is 1.04. The van der Waals surface area contributed by atoms with Crippen LogP contribution >= 0.6 is 11.8 Å². The Kier molecular flexibility index (Phi) is 5.41. The second kappa shape index (κ2) is 5.69. The van der Waals surface area contributed by atoms with Gasteiger partial charge < -0.3 is 4.74 Å². The molecule has 0 aliphatic heterocycles. The quantitative estimate of drug-likeness (QED) is 0.445. The molecular formula is C6H10O2S. The topological polar surface area (TPSA) is 26.3 Å². The predicted octanol–water partition coefficient (Wildman–Crippen LogP) is 1.43. The number of hydrogen-bond donors (Lipinski definition) is 0. The van der Waals surface area contributed by atoms with Crippen molar-refractivity contribution in [2.75, 3.05) is 12.9 Å². The zero-order valence-corrected chi connectivity index (χ0v) is 6.40. The van der Waals surface area contributed by atoms with Gasteiger partial charge in [-0.3, -0.25) is 0 Å². The first kappa shape index (κ1) is 8.56. The van der Waals surface area contributed by atoms with Crippen molar-refractivity contribution in [1.82, 2.24) is 0 Å². The van der Waals surface area contributed by atoms with Crippen molar-refractivity contribution in [3.63, 3.8) is 0 Å². The van der Waals surface area contributed by atoms with Gasteiger partial charge in [-0.15, -0.1) is 11.8 Å². The van der Waals surface area contributed by atoms with E-state index in [1.54, 1.807) is 12.3 Å². The van der Waals surface area contributed by atoms with Gasteiger partial charge in [0, 0.05) is 6.08 Å². The zero-order chi connectivity index (χ0) is 7.11. The molecule has 0 saturated carbocycles. The smallest absolute Gasteiger partial charge is 0.331 e. The fourth-order valence-corrected chi connectivity index (χ4v) is 0.561. The van der Waals surface area contributed by atoms with Crippen LogP contribution in [0.15, 0.2) is 11.5 Å². The minimum absolute atomic E-state index is 0.271. The molecule has 0 heterocycles. The first-order valence-corrected chi connectivity index (χ1v) is 3.96. The van der Waals surface area contributed by atoms with Gasteiger partial charge in [-0.25, -0.2) is 4.79 Å². The Hall–Kier alpha value is -0.440. The Morgan fingerprint density at radius 1 is 1.78 bits per heavy atom. The number of thioether (sulfide) groups is 1. The van der Waals surface area contributed by atoms with Gasteiger partial charge in [-0.2, -0.15) is 0 Å². The summed E-state index contributed by atoms with van der Waals surface area (Å²) in [6.45, 7) is 2.22. The van der Waals surface area contributed by atoms with Gasteiger partial charge in [0.15, 0.2) is 0 Å². The standard InChI is InChI=1S/C6H10O2S/c1-3-8-6(7)4-5-9-2/h4-5H,3H2,1-2H3/b5-4+. The number of esters is 1. The van der Waals surface area contributed by atoms with E-state index in [1.807, 2.05) is 6.26 Å². The van der Waals surface area contributed by atoms with Gasteiger partial charge in [-0.1, -0.05) is 0 Å². The highest BCUT2D eigenvalue weighted by Crippen LogP contribution is 1.93. The zero-order valence-electron chi connectivity index (χ0n) is 5.59. The lowest BCUT2D eigenvalue weighted by atomic mass is 10.6. The summed E-state index contributed by atoms with van der Waals surface area (Å²) >= 11 is 1.47. The maximum atomic E-state index is 10.5. The van der Waals surface area contributed by atoms with E-state index in [4.69, 9.17) is 0 Å². The fourth-order valence-electron chi connectivity index (χ4n) is 0.314. The molecule has 0 unspecified atom stereocenters. The summed E-state index contributed by atoms with van der Waals surface area (Å²) in [5, 5.41) is 1.69. The van der Waals surface area contributed by atoms with Crippen LogP contribution in [-0.2, 0) is 9.53 Å². The van der Waals surface area contributed by atoms with Crippen molar-refractivity contribution >= 4 is 17.7 Å². The number of rotatable bonds is 3. The second-order valence-electron chi connectivity index (χ2n) is 1.29. The number of ether oxygens (including phenoxy) is 1. The van der Waals surface area contributed by atoms with Gasteiger partial charge in [0.1, 0.15) is 0 Å². The largest absolute Gasteiger partial charge is 0.463 e. The summed E-state index contributed by atoms with van der Waals surface area (Å²) < 4.78 is 4.60. The summed E-state index contributed by atoms with van der Waals surface area (Å²) in [5.74, 6) is -0.271. The SMILES string of the molecule is CCOC(=O)/C=C/SC. The first-order chi connectivity index (χ1) is 4.31. The van der Waals surface area contributed by atoms with E-state index in [0.717, 1.165) is 0 Å². The minimum Gasteiger partial charge on any atom is -0.463 e. The van der Waals surface area contributed by atoms with Crippen LogP contribution in [0.1, 0.15) is 6.92 Å². The minimum atomic E-state index is -0.271. The van der Waals surface area contributed by atoms with Crippen LogP contribution in [0.4, 0.5) is 0 Å². The number of carbonyl (C=O) groups excluding carboxylic acids is 1. The van der Waals surface area contributed by atoms with Crippen molar-refractivity contribution in [3.8, 4) is 0 Å². The molecule has 0 rings (SSSR count). The van der Waals surface area contributed by atoms with Gasteiger partial charge >= 0.3 is 5.97 Å². The summed E-state index contributed by atoms with van der Waals surface area (Å²) in [5.41, 5.74) is 0. The molecule has 0 aliphatic carbocycles. The van der Waals surface area contributed by atoms with Crippen molar-refractivity contribution in [1.29, 1.82) is 0 Å². The van der Waals surface area contributed by atoms with Crippen molar-refractivity contribution < 1.29 is 9.53 Å². The average Bonchev–Trinajstić information content (AvgIpc) is 1.85. The highest BCUT2D eigenvalue weighted by atomic mass is 32.2. The molecule has 0 N–H and O–H groups in total. The summed E-state index contributed by atoms with van der Waals surface area (Å²) in [6, 6.07) is 0. The molecule has 0 aromatic heterocycles. The predicted molar refractivity (Wildman–Crippen MR) is 39.3 cm³/mol. The lowest BCUT2D eigenvalue weighted by molar-refractivity contribution is -0.137. The molecule has 9 heavy (non-hydrogen) atoms. The lowest BCUT2D eigenvalue weighted by Crippen LogP contribution is -1.98. The van der Waals surface area contributed by atoms with Crippen molar-refractivity contribution in [3.05, 3.63) is 11.5 Å². The summed E-state index contributed by atoms with van der Waals surface area (Å²) in [6.07, 6.45) is 3.30. The van der Waals surface area contributed by atoms with E-state index in [2.05, 4.69) is 4.74 Å². The molecule has 52 valence electrons. The Morgan fingerprint density at radius 2 is 2.44 bits per heavy atom.